The first-order chi connectivity index (χ1) is 15.2. The smallest absolute Gasteiger partial charge is 0.355 e. The van der Waals surface area contributed by atoms with Gasteiger partial charge in [0.25, 0.3) is 5.91 Å². The number of nitrogens with one attached hydrogen (secondary N) is 1. The number of alkyl halides is 3. The van der Waals surface area contributed by atoms with Crippen molar-refractivity contribution in [1.29, 1.82) is 0 Å². The van der Waals surface area contributed by atoms with Gasteiger partial charge in [-0.05, 0) is 63.1 Å². The first-order valence-corrected chi connectivity index (χ1v) is 10.7. The molecule has 2 aromatic rings. The number of halogens is 3. The van der Waals surface area contributed by atoms with E-state index < -0.39 is 17.7 Å². The summed E-state index contributed by atoms with van der Waals surface area (Å²) in [5.41, 5.74) is 0.275. The lowest BCUT2D eigenvalue weighted by Crippen LogP contribution is -2.42. The van der Waals surface area contributed by atoms with Crippen molar-refractivity contribution in [2.75, 3.05) is 36.4 Å². The highest BCUT2D eigenvalue weighted by molar-refractivity contribution is 5.96. The summed E-state index contributed by atoms with van der Waals surface area (Å²) in [7, 11) is 0. The van der Waals surface area contributed by atoms with E-state index >= 15 is 0 Å². The maximum Gasteiger partial charge on any atom is 0.419 e. The lowest BCUT2D eigenvalue weighted by atomic mass is 9.96. The summed E-state index contributed by atoms with van der Waals surface area (Å²) < 4.78 is 40.1. The summed E-state index contributed by atoms with van der Waals surface area (Å²) in [6, 6.07) is 8.91. The van der Waals surface area contributed by atoms with Crippen molar-refractivity contribution >= 4 is 23.3 Å². The van der Waals surface area contributed by atoms with E-state index in [0.717, 1.165) is 6.07 Å². The van der Waals surface area contributed by atoms with Crippen molar-refractivity contribution in [2.45, 2.75) is 32.9 Å². The Labute approximate surface area is 185 Å². The van der Waals surface area contributed by atoms with Gasteiger partial charge >= 0.3 is 6.18 Å². The molecule has 1 aromatic heterocycles. The maximum atomic E-state index is 13.4. The molecule has 0 aliphatic carbocycles. The van der Waals surface area contributed by atoms with Crippen LogP contribution in [-0.4, -0.2) is 47.9 Å². The van der Waals surface area contributed by atoms with E-state index in [1.165, 1.54) is 17.2 Å². The Balaban J connectivity index is 1.67. The minimum absolute atomic E-state index is 0.0772. The maximum absolute atomic E-state index is 13.4. The zero-order chi connectivity index (χ0) is 23.3. The van der Waals surface area contributed by atoms with Gasteiger partial charge in [0, 0.05) is 43.6 Å². The van der Waals surface area contributed by atoms with E-state index in [9.17, 15) is 22.8 Å². The van der Waals surface area contributed by atoms with Gasteiger partial charge in [-0.3, -0.25) is 9.59 Å². The number of aromatic nitrogens is 1. The average molecular weight is 448 g/mol. The van der Waals surface area contributed by atoms with Gasteiger partial charge in [0.15, 0.2) is 0 Å². The van der Waals surface area contributed by atoms with Crippen molar-refractivity contribution in [3.05, 3.63) is 53.7 Å². The monoisotopic (exact) mass is 448 g/mol. The number of anilines is 2. The number of carbonyl (C=O) groups excluding carboxylic acids is 2. The number of nitrogens with zero attached hydrogens (tertiary/aromatic N) is 3. The van der Waals surface area contributed by atoms with Gasteiger partial charge in [-0.1, -0.05) is 0 Å². The van der Waals surface area contributed by atoms with Crippen LogP contribution in [0.3, 0.4) is 0 Å². The summed E-state index contributed by atoms with van der Waals surface area (Å²) in [5.74, 6) is -0.950. The predicted octanol–water partition coefficient (Wildman–Crippen LogP) is 4.44. The van der Waals surface area contributed by atoms with Crippen LogP contribution >= 0.6 is 0 Å². The van der Waals surface area contributed by atoms with Gasteiger partial charge < -0.3 is 15.1 Å². The second-order valence-electron chi connectivity index (χ2n) is 7.70. The SMILES string of the molecule is CCN(CC)C(=O)c1ccc(NC(=O)C2CCCN(c3ncccc3C(F)(F)F)C2)cc1. The van der Waals surface area contributed by atoms with Gasteiger partial charge in [0.2, 0.25) is 5.91 Å². The third-order valence-corrected chi connectivity index (χ3v) is 5.63. The number of pyridine rings is 1. The third-order valence-electron chi connectivity index (χ3n) is 5.63. The first kappa shape index (κ1) is 23.6. The Bertz CT molecular complexity index is 943. The van der Waals surface area contributed by atoms with Crippen molar-refractivity contribution in [1.82, 2.24) is 9.88 Å². The summed E-state index contributed by atoms with van der Waals surface area (Å²) in [6.07, 6.45) is -2.02. The molecule has 172 valence electrons. The van der Waals surface area contributed by atoms with Crippen LogP contribution in [0.4, 0.5) is 24.7 Å². The Morgan fingerprint density at radius 2 is 1.84 bits per heavy atom. The standard InChI is InChI=1S/C23H27F3N4O2/c1-3-29(4-2)22(32)16-9-11-18(12-10-16)28-21(31)17-7-6-14-30(15-17)20-19(23(24,25)26)8-5-13-27-20/h5,8-13,17H,3-4,6-7,14-15H2,1-2H3,(H,28,31). The third kappa shape index (κ3) is 5.38. The molecule has 1 aromatic carbocycles. The van der Waals surface area contributed by atoms with Crippen LogP contribution in [0.5, 0.6) is 0 Å². The summed E-state index contributed by atoms with van der Waals surface area (Å²) >= 11 is 0. The van der Waals surface area contributed by atoms with Crippen LogP contribution < -0.4 is 10.2 Å². The Morgan fingerprint density at radius 1 is 1.16 bits per heavy atom. The normalized spacial score (nSPS) is 16.5. The van der Waals surface area contributed by atoms with E-state index in [1.807, 2.05) is 13.8 Å². The quantitative estimate of drug-likeness (QED) is 0.710. The van der Waals surface area contributed by atoms with Crippen LogP contribution in [0.25, 0.3) is 0 Å². The Kier molecular flexibility index (Phi) is 7.37. The molecule has 1 saturated heterocycles. The van der Waals surface area contributed by atoms with Gasteiger partial charge in [-0.2, -0.15) is 13.2 Å². The molecule has 1 atom stereocenters. The van der Waals surface area contributed by atoms with E-state index in [0.29, 0.717) is 43.7 Å². The molecule has 1 unspecified atom stereocenters. The van der Waals surface area contributed by atoms with Gasteiger partial charge in [0.1, 0.15) is 5.82 Å². The van der Waals surface area contributed by atoms with Crippen molar-refractivity contribution < 1.29 is 22.8 Å². The molecule has 0 bridgehead atoms. The highest BCUT2D eigenvalue weighted by atomic mass is 19.4. The van der Waals surface area contributed by atoms with Gasteiger partial charge in [-0.25, -0.2) is 4.98 Å². The van der Waals surface area contributed by atoms with Crippen LogP contribution in [-0.2, 0) is 11.0 Å². The zero-order valence-corrected chi connectivity index (χ0v) is 18.2. The second-order valence-corrected chi connectivity index (χ2v) is 7.70. The molecule has 6 nitrogen and oxygen atoms in total. The lowest BCUT2D eigenvalue weighted by molar-refractivity contribution is -0.137. The highest BCUT2D eigenvalue weighted by Gasteiger charge is 2.37. The van der Waals surface area contributed by atoms with Gasteiger partial charge in [0.05, 0.1) is 11.5 Å². The Morgan fingerprint density at radius 3 is 2.47 bits per heavy atom. The number of benzene rings is 1. The summed E-state index contributed by atoms with van der Waals surface area (Å²) in [5, 5.41) is 2.82. The molecule has 9 heteroatoms. The number of amides is 2. The Hall–Kier alpha value is -3.10. The minimum atomic E-state index is -4.51. The fourth-order valence-electron chi connectivity index (χ4n) is 3.89. The molecule has 1 aliphatic heterocycles. The summed E-state index contributed by atoms with van der Waals surface area (Å²) in [4.78, 5) is 32.4. The van der Waals surface area contributed by atoms with Crippen LogP contribution in [0.1, 0.15) is 42.6 Å². The van der Waals surface area contributed by atoms with E-state index in [1.54, 1.807) is 29.2 Å². The largest absolute Gasteiger partial charge is 0.419 e. The molecule has 0 saturated carbocycles. The van der Waals surface area contributed by atoms with E-state index in [2.05, 4.69) is 10.3 Å². The molecular formula is C23H27F3N4O2. The molecule has 1 aliphatic rings. The number of carbonyl (C=O) groups is 2. The number of hydrogen-bond donors (Lipinski definition) is 1. The van der Waals surface area contributed by atoms with Crippen molar-refractivity contribution in [3.63, 3.8) is 0 Å². The van der Waals surface area contributed by atoms with Crippen LogP contribution in [0.2, 0.25) is 0 Å². The highest BCUT2D eigenvalue weighted by Crippen LogP contribution is 2.36. The molecule has 2 heterocycles. The molecule has 32 heavy (non-hydrogen) atoms. The number of rotatable bonds is 6. The topological polar surface area (TPSA) is 65.5 Å². The number of hydrogen-bond acceptors (Lipinski definition) is 4. The summed E-state index contributed by atoms with van der Waals surface area (Å²) in [6.45, 7) is 5.60. The lowest BCUT2D eigenvalue weighted by Gasteiger charge is -2.34. The van der Waals surface area contributed by atoms with E-state index in [-0.39, 0.29) is 24.2 Å². The molecule has 1 N–H and O–H groups in total. The number of piperidine rings is 1. The van der Waals surface area contributed by atoms with Crippen LogP contribution in [0, 0.1) is 5.92 Å². The molecule has 0 spiro atoms. The van der Waals surface area contributed by atoms with Crippen molar-refractivity contribution in [2.24, 2.45) is 5.92 Å². The molecular weight excluding hydrogens is 421 g/mol. The fourth-order valence-corrected chi connectivity index (χ4v) is 3.89. The second kappa shape index (κ2) is 10.0. The molecule has 3 rings (SSSR count). The zero-order valence-electron chi connectivity index (χ0n) is 18.2. The molecule has 0 radical (unpaired) electrons. The fraction of sp³-hybridized carbons (Fsp3) is 0.435. The molecule has 1 fully saturated rings. The predicted molar refractivity (Wildman–Crippen MR) is 116 cm³/mol. The van der Waals surface area contributed by atoms with Crippen LogP contribution in [0.15, 0.2) is 42.6 Å². The van der Waals surface area contributed by atoms with Crippen molar-refractivity contribution in [3.8, 4) is 0 Å². The first-order valence-electron chi connectivity index (χ1n) is 10.7. The average Bonchev–Trinajstić information content (AvgIpc) is 2.80. The van der Waals surface area contributed by atoms with Gasteiger partial charge in [-0.15, -0.1) is 0 Å². The van der Waals surface area contributed by atoms with E-state index in [4.69, 9.17) is 0 Å². The minimum Gasteiger partial charge on any atom is -0.355 e. The molecule has 2 amide bonds.